The van der Waals surface area contributed by atoms with Crippen molar-refractivity contribution in [3.8, 4) is 0 Å². The number of halogens is 3. The zero-order valence-electron chi connectivity index (χ0n) is 21.9. The summed E-state index contributed by atoms with van der Waals surface area (Å²) in [6, 6.07) is 6.35. The first-order valence-corrected chi connectivity index (χ1v) is 13.4. The van der Waals surface area contributed by atoms with Crippen LogP contribution in [-0.4, -0.2) is 62.7 Å². The summed E-state index contributed by atoms with van der Waals surface area (Å²) in [6.45, 7) is 5.97. The number of fused-ring (bicyclic) bond motifs is 3. The zero-order chi connectivity index (χ0) is 27.9. The van der Waals surface area contributed by atoms with Crippen molar-refractivity contribution >= 4 is 34.5 Å². The molecule has 0 radical (unpaired) electrons. The highest BCUT2D eigenvalue weighted by atomic mass is 35.5. The molecule has 1 aromatic carbocycles. The topological polar surface area (TPSA) is 87.9 Å². The number of rotatable bonds is 7. The third-order valence-corrected chi connectivity index (χ3v) is 8.08. The van der Waals surface area contributed by atoms with Crippen LogP contribution in [0, 0.1) is 17.6 Å². The normalized spacial score (nSPS) is 17.9. The van der Waals surface area contributed by atoms with E-state index in [1.54, 1.807) is 16.2 Å². The number of piperidine rings is 1. The first-order chi connectivity index (χ1) is 18.5. The molecule has 1 amide bonds. The van der Waals surface area contributed by atoms with Gasteiger partial charge in [-0.25, -0.2) is 13.8 Å². The van der Waals surface area contributed by atoms with Gasteiger partial charge in [0.05, 0.1) is 13.1 Å². The summed E-state index contributed by atoms with van der Waals surface area (Å²) in [7, 11) is 0. The summed E-state index contributed by atoms with van der Waals surface area (Å²) in [5.41, 5.74) is 2.34. The molecular weight excluding hydrogens is 530 g/mol. The van der Waals surface area contributed by atoms with Crippen molar-refractivity contribution in [1.29, 1.82) is 0 Å². The van der Waals surface area contributed by atoms with E-state index in [0.717, 1.165) is 22.7 Å². The van der Waals surface area contributed by atoms with Crippen LogP contribution in [0.2, 0.25) is 5.02 Å². The highest BCUT2D eigenvalue weighted by Crippen LogP contribution is 2.40. The molecule has 8 nitrogen and oxygen atoms in total. The van der Waals surface area contributed by atoms with Crippen LogP contribution < -0.4 is 0 Å². The van der Waals surface area contributed by atoms with Crippen molar-refractivity contribution in [1.82, 2.24) is 19.5 Å². The van der Waals surface area contributed by atoms with E-state index in [1.807, 2.05) is 16.7 Å². The number of carbonyl (C=O) groups excluding carboxylic acids is 1. The van der Waals surface area contributed by atoms with Crippen LogP contribution in [0.15, 0.2) is 30.5 Å². The second-order valence-electron chi connectivity index (χ2n) is 11.0. The van der Waals surface area contributed by atoms with Gasteiger partial charge < -0.3 is 14.6 Å². The second kappa shape index (κ2) is 10.8. The molecule has 5 rings (SSSR count). The number of nitrogens with zero attached hydrogens (tertiary/aromatic N) is 4. The molecule has 39 heavy (non-hydrogen) atoms. The maximum atomic E-state index is 14.9. The van der Waals surface area contributed by atoms with Gasteiger partial charge in [0.25, 0.3) is 5.91 Å². The Hall–Kier alpha value is -3.08. The highest BCUT2D eigenvalue weighted by molar-refractivity contribution is 6.30. The largest absolute Gasteiger partial charge is 0.481 e. The number of carbonyl (C=O) groups is 2. The molecule has 1 N–H and O–H groups in total. The Bertz CT molecular complexity index is 1420. The Kier molecular flexibility index (Phi) is 7.63. The first-order valence-electron chi connectivity index (χ1n) is 13.0. The van der Waals surface area contributed by atoms with Gasteiger partial charge in [-0.05, 0) is 42.5 Å². The predicted molar refractivity (Wildman–Crippen MR) is 141 cm³/mol. The van der Waals surface area contributed by atoms with E-state index in [2.05, 4.69) is 18.8 Å². The van der Waals surface area contributed by atoms with Crippen LogP contribution in [0.4, 0.5) is 8.78 Å². The van der Waals surface area contributed by atoms with Crippen molar-refractivity contribution < 1.29 is 28.3 Å². The molecular formula is C28H31ClF2N4O4. The molecule has 1 saturated heterocycles. The Morgan fingerprint density at radius 1 is 1.21 bits per heavy atom. The zero-order valence-corrected chi connectivity index (χ0v) is 22.7. The van der Waals surface area contributed by atoms with Gasteiger partial charge in [0.2, 0.25) is 0 Å². The van der Waals surface area contributed by atoms with Crippen LogP contribution in [0.25, 0.3) is 11.0 Å². The number of aromatic nitrogens is 2. The summed E-state index contributed by atoms with van der Waals surface area (Å²) in [6.07, 6.45) is 3.23. The van der Waals surface area contributed by atoms with E-state index in [9.17, 15) is 18.4 Å². The number of hydroxylamine groups is 2. The third-order valence-electron chi connectivity index (χ3n) is 7.73. The molecule has 0 bridgehead atoms. The minimum Gasteiger partial charge on any atom is -0.481 e. The fraction of sp³-hybridized carbons (Fsp3) is 0.464. The Morgan fingerprint density at radius 2 is 1.95 bits per heavy atom. The number of benzene rings is 1. The highest BCUT2D eigenvalue weighted by Gasteiger charge is 2.39. The molecule has 2 aliphatic rings. The fourth-order valence-electron chi connectivity index (χ4n) is 5.87. The molecule has 2 aromatic heterocycles. The van der Waals surface area contributed by atoms with E-state index in [1.165, 1.54) is 6.07 Å². The Balaban J connectivity index is 1.37. The van der Waals surface area contributed by atoms with E-state index < -0.39 is 28.0 Å². The van der Waals surface area contributed by atoms with Gasteiger partial charge in [-0.2, -0.15) is 5.06 Å². The minimum absolute atomic E-state index is 0.0780. The molecule has 0 atom stereocenters. The first kappa shape index (κ1) is 27.5. The van der Waals surface area contributed by atoms with E-state index in [4.69, 9.17) is 21.5 Å². The van der Waals surface area contributed by atoms with E-state index >= 15 is 0 Å². The second-order valence-corrected chi connectivity index (χ2v) is 11.4. The van der Waals surface area contributed by atoms with Gasteiger partial charge in [-0.1, -0.05) is 31.5 Å². The van der Waals surface area contributed by atoms with Crippen molar-refractivity contribution in [3.05, 3.63) is 63.9 Å². The molecule has 0 unspecified atom stereocenters. The average molecular weight is 561 g/mol. The lowest BCUT2D eigenvalue weighted by atomic mass is 9.79. The number of aliphatic carboxylic acids is 1. The minimum atomic E-state index is -0.820. The van der Waals surface area contributed by atoms with Crippen molar-refractivity contribution in [3.63, 3.8) is 0 Å². The quantitative estimate of drug-likeness (QED) is 0.420. The smallest absolute Gasteiger partial charge is 0.303 e. The third kappa shape index (κ3) is 5.50. The SMILES string of the molecule is CC1(C)CN(C(=O)CON2CCC(CC(=O)O)CC2)Cc2c1c1cccnc1n2Cc1ccc(F)c(Cl)c1F. The summed E-state index contributed by atoms with van der Waals surface area (Å²) in [5.74, 6) is -2.49. The average Bonchev–Trinajstić information content (AvgIpc) is 3.22. The Morgan fingerprint density at radius 3 is 2.67 bits per heavy atom. The number of hydrogen-bond acceptors (Lipinski definition) is 5. The molecule has 0 spiro atoms. The number of pyridine rings is 1. The maximum absolute atomic E-state index is 14.9. The van der Waals surface area contributed by atoms with Crippen LogP contribution >= 0.6 is 11.6 Å². The van der Waals surface area contributed by atoms with Crippen LogP contribution in [0.5, 0.6) is 0 Å². The molecule has 208 valence electrons. The molecule has 3 aromatic rings. The van der Waals surface area contributed by atoms with Crippen LogP contribution in [0.1, 0.15) is 49.9 Å². The van der Waals surface area contributed by atoms with Gasteiger partial charge in [0, 0.05) is 54.3 Å². The van der Waals surface area contributed by atoms with Gasteiger partial charge >= 0.3 is 5.97 Å². The van der Waals surface area contributed by atoms with Crippen LogP contribution in [-0.2, 0) is 32.9 Å². The number of hydrogen-bond donors (Lipinski definition) is 1. The van der Waals surface area contributed by atoms with Crippen molar-refractivity contribution in [2.45, 2.75) is 51.6 Å². The number of carboxylic acid groups (broad SMARTS) is 1. The lowest BCUT2D eigenvalue weighted by molar-refractivity contribution is -0.187. The molecule has 0 aliphatic carbocycles. The lowest BCUT2D eigenvalue weighted by Crippen LogP contribution is -2.47. The van der Waals surface area contributed by atoms with Gasteiger partial charge in [0.1, 0.15) is 28.9 Å². The van der Waals surface area contributed by atoms with Crippen molar-refractivity contribution in [2.75, 3.05) is 26.2 Å². The maximum Gasteiger partial charge on any atom is 0.303 e. The summed E-state index contributed by atoms with van der Waals surface area (Å²) >= 11 is 5.85. The fourth-order valence-corrected chi connectivity index (χ4v) is 6.05. The number of amides is 1. The van der Waals surface area contributed by atoms with E-state index in [-0.39, 0.29) is 43.5 Å². The predicted octanol–water partition coefficient (Wildman–Crippen LogP) is 4.75. The molecule has 1 fully saturated rings. The number of carboxylic acids is 1. The summed E-state index contributed by atoms with van der Waals surface area (Å²) in [5, 5.41) is 11.1. The lowest BCUT2D eigenvalue weighted by Gasteiger charge is -2.39. The van der Waals surface area contributed by atoms with E-state index in [0.29, 0.717) is 38.1 Å². The Labute approximate surface area is 230 Å². The molecule has 4 heterocycles. The van der Waals surface area contributed by atoms with Crippen molar-refractivity contribution in [2.24, 2.45) is 5.92 Å². The van der Waals surface area contributed by atoms with Gasteiger partial charge in [-0.15, -0.1) is 0 Å². The monoisotopic (exact) mass is 560 g/mol. The van der Waals surface area contributed by atoms with Gasteiger partial charge in [0.15, 0.2) is 0 Å². The molecule has 2 aliphatic heterocycles. The standard InChI is InChI=1S/C28H31ClF2N4O4/c1-28(2)16-33(22(36)15-39-34-10-7-17(8-11-34)12-23(37)38)14-21-24(28)19-4-3-9-32-27(19)35(21)13-18-5-6-20(30)25(29)26(18)31/h3-6,9,17H,7-8,10-16H2,1-2H3,(H,37,38). The molecule has 11 heteroatoms. The van der Waals surface area contributed by atoms with Crippen LogP contribution in [0.3, 0.4) is 0 Å². The summed E-state index contributed by atoms with van der Waals surface area (Å²) in [4.78, 5) is 36.4. The molecule has 0 saturated carbocycles. The summed E-state index contributed by atoms with van der Waals surface area (Å²) < 4.78 is 30.6. The van der Waals surface area contributed by atoms with Gasteiger partial charge in [-0.3, -0.25) is 14.4 Å².